The summed E-state index contributed by atoms with van der Waals surface area (Å²) in [6.45, 7) is 6.86. The Kier molecular flexibility index (Phi) is 7.34. The van der Waals surface area contributed by atoms with E-state index in [9.17, 15) is 0 Å². The summed E-state index contributed by atoms with van der Waals surface area (Å²) in [7, 11) is 0. The van der Waals surface area contributed by atoms with Crippen LogP contribution in [-0.2, 0) is 0 Å². The van der Waals surface area contributed by atoms with Crippen LogP contribution >= 0.6 is 23.5 Å². The largest absolute Gasteiger partial charge is 0.249 e. The van der Waals surface area contributed by atoms with Crippen LogP contribution in [-0.4, -0.2) is 16.5 Å². The fourth-order valence-electron chi connectivity index (χ4n) is 6.59. The molecule has 3 atom stereocenters. The minimum Gasteiger partial charge on any atom is -0.249 e. The summed E-state index contributed by atoms with van der Waals surface area (Å²) in [4.78, 5) is 6.01. The van der Waals surface area contributed by atoms with Gasteiger partial charge < -0.3 is 0 Å². The van der Waals surface area contributed by atoms with Crippen LogP contribution in [0.15, 0.2) is 119 Å². The zero-order chi connectivity index (χ0) is 28.8. The van der Waals surface area contributed by atoms with E-state index in [0.29, 0.717) is 17.1 Å². The van der Waals surface area contributed by atoms with Crippen molar-refractivity contribution in [2.24, 2.45) is 0 Å². The van der Waals surface area contributed by atoms with Gasteiger partial charge in [0.1, 0.15) is 5.03 Å². The van der Waals surface area contributed by atoms with Crippen molar-refractivity contribution in [1.82, 2.24) is 4.98 Å². The van der Waals surface area contributed by atoms with E-state index in [1.807, 2.05) is 18.0 Å². The third-order valence-electron chi connectivity index (χ3n) is 9.02. The van der Waals surface area contributed by atoms with Crippen molar-refractivity contribution in [2.75, 3.05) is 6.26 Å². The van der Waals surface area contributed by atoms with Crippen molar-refractivity contribution in [3.63, 3.8) is 0 Å². The van der Waals surface area contributed by atoms with E-state index in [2.05, 4.69) is 130 Å². The molecule has 0 saturated carbocycles. The van der Waals surface area contributed by atoms with Crippen molar-refractivity contribution in [1.29, 1.82) is 0 Å². The first-order valence-corrected chi connectivity index (χ1v) is 17.0. The molecule has 1 aliphatic carbocycles. The van der Waals surface area contributed by atoms with Crippen LogP contribution in [0.25, 0.3) is 38.6 Å². The highest BCUT2D eigenvalue weighted by Crippen LogP contribution is 2.49. The Morgan fingerprint density at radius 1 is 0.881 bits per heavy atom. The van der Waals surface area contributed by atoms with Crippen molar-refractivity contribution >= 4 is 39.9 Å². The van der Waals surface area contributed by atoms with Crippen molar-refractivity contribution in [3.8, 4) is 22.3 Å². The van der Waals surface area contributed by atoms with E-state index >= 15 is 0 Å². The molecule has 2 heterocycles. The fraction of sp³-hybridized carbons (Fsp3) is 0.205. The van der Waals surface area contributed by atoms with Gasteiger partial charge in [0.2, 0.25) is 0 Å². The van der Waals surface area contributed by atoms with Gasteiger partial charge in [-0.05, 0) is 93.6 Å². The maximum absolute atomic E-state index is 4.71. The summed E-state index contributed by atoms with van der Waals surface area (Å²) in [5, 5.41) is 4.13. The van der Waals surface area contributed by atoms with Crippen LogP contribution in [0.3, 0.4) is 0 Å². The first kappa shape index (κ1) is 27.3. The molecule has 0 saturated heterocycles. The number of rotatable bonds is 6. The van der Waals surface area contributed by atoms with E-state index in [1.54, 1.807) is 11.8 Å². The molecule has 5 aromatic rings. The number of allylic oxidation sites excluding steroid dienone is 3. The molecule has 0 bridgehead atoms. The predicted octanol–water partition coefficient (Wildman–Crippen LogP) is 11.3. The van der Waals surface area contributed by atoms with Crippen LogP contribution in [0.5, 0.6) is 0 Å². The topological polar surface area (TPSA) is 12.9 Å². The van der Waals surface area contributed by atoms with Gasteiger partial charge in [-0.1, -0.05) is 111 Å². The predicted molar refractivity (Wildman–Crippen MR) is 184 cm³/mol. The van der Waals surface area contributed by atoms with Crippen LogP contribution in [0.4, 0.5) is 0 Å². The lowest BCUT2D eigenvalue weighted by Gasteiger charge is -2.28. The Balaban J connectivity index is 1.24. The van der Waals surface area contributed by atoms with Gasteiger partial charge in [-0.2, -0.15) is 11.8 Å². The third kappa shape index (κ3) is 4.73. The summed E-state index contributed by atoms with van der Waals surface area (Å²) in [6, 6.07) is 31.7. The lowest BCUT2D eigenvalue weighted by molar-refractivity contribution is 0.735. The van der Waals surface area contributed by atoms with Crippen molar-refractivity contribution in [2.45, 2.75) is 54.2 Å². The number of fused-ring (bicyclic) bond motifs is 2. The van der Waals surface area contributed by atoms with Crippen LogP contribution in [0, 0.1) is 6.92 Å². The number of aryl methyl sites for hydroxylation is 1. The van der Waals surface area contributed by atoms with E-state index in [-0.39, 0.29) is 0 Å². The molecule has 1 aliphatic heterocycles. The summed E-state index contributed by atoms with van der Waals surface area (Å²) in [5.41, 5.74) is 12.0. The minimum absolute atomic E-state index is 0.311. The molecule has 0 radical (unpaired) electrons. The number of pyridine rings is 1. The number of aromatic nitrogens is 1. The van der Waals surface area contributed by atoms with Crippen molar-refractivity contribution in [3.05, 3.63) is 132 Å². The molecule has 1 nitrogen and oxygen atoms in total. The van der Waals surface area contributed by atoms with Gasteiger partial charge in [-0.3, -0.25) is 0 Å². The molecule has 7 rings (SSSR count). The molecule has 208 valence electrons. The summed E-state index contributed by atoms with van der Waals surface area (Å²) in [6.07, 6.45) is 12.5. The van der Waals surface area contributed by atoms with Gasteiger partial charge >= 0.3 is 0 Å². The van der Waals surface area contributed by atoms with E-state index in [0.717, 1.165) is 11.4 Å². The van der Waals surface area contributed by atoms with Crippen LogP contribution in [0.1, 0.15) is 54.4 Å². The molecule has 2 aliphatic rings. The molecule has 0 spiro atoms. The number of thioether (sulfide) groups is 1. The highest BCUT2D eigenvalue weighted by atomic mass is 32.2. The third-order valence-corrected chi connectivity index (χ3v) is 11.1. The van der Waals surface area contributed by atoms with E-state index < -0.39 is 0 Å². The Morgan fingerprint density at radius 3 is 2.57 bits per heavy atom. The molecule has 1 aromatic heterocycles. The molecule has 0 amide bonds. The first-order valence-electron chi connectivity index (χ1n) is 14.9. The highest BCUT2D eigenvalue weighted by molar-refractivity contribution is 7.99. The molecule has 4 aromatic carbocycles. The Bertz CT molecular complexity index is 1880. The van der Waals surface area contributed by atoms with Gasteiger partial charge in [0.15, 0.2) is 0 Å². The quantitative estimate of drug-likeness (QED) is 0.194. The number of hydrogen-bond donors (Lipinski definition) is 0. The monoisotopic (exact) mass is 581 g/mol. The molecule has 42 heavy (non-hydrogen) atoms. The summed E-state index contributed by atoms with van der Waals surface area (Å²) >= 11 is 3.72. The van der Waals surface area contributed by atoms with Gasteiger partial charge in [0, 0.05) is 33.2 Å². The summed E-state index contributed by atoms with van der Waals surface area (Å²) < 4.78 is 0. The number of benzene rings is 4. The SMILES string of the molecule is CCC(C)c1ccccc1-c1ccc(C2=CC(SC)C(c3cc4c5c(cccc5c3)Sc3ncccc3-4)C=C2)cc1C. The molecule has 3 heteroatoms. The minimum atomic E-state index is 0.311. The standard InChI is InChI=1S/C39H35NS2/c1-5-24(2)30-11-6-7-12-33(30)31-17-15-26(20-25(31)3)27-16-18-32(37(23-27)41-4)29-21-28-10-8-14-36-38(28)35(22-29)34-13-9-19-40-39(34)42-36/h6-24,32,37H,5H2,1-4H3. The average Bonchev–Trinajstić information content (AvgIpc) is 3.04. The van der Waals surface area contributed by atoms with Gasteiger partial charge in [-0.15, -0.1) is 0 Å². The van der Waals surface area contributed by atoms with E-state index in [4.69, 9.17) is 4.98 Å². The number of hydrogen-bond acceptors (Lipinski definition) is 3. The second-order valence-corrected chi connectivity index (χ2v) is 13.6. The van der Waals surface area contributed by atoms with E-state index in [1.165, 1.54) is 65.7 Å². The Morgan fingerprint density at radius 2 is 1.74 bits per heavy atom. The Hall–Kier alpha value is -3.53. The average molecular weight is 582 g/mol. The molecular formula is C39H35NS2. The fourth-order valence-corrected chi connectivity index (χ4v) is 8.50. The normalized spacial score (nSPS) is 18.0. The smallest absolute Gasteiger partial charge is 0.109 e. The van der Waals surface area contributed by atoms with Crippen LogP contribution < -0.4 is 0 Å². The van der Waals surface area contributed by atoms with Gasteiger partial charge in [0.05, 0.1) is 0 Å². The van der Waals surface area contributed by atoms with Gasteiger partial charge in [0.25, 0.3) is 0 Å². The zero-order valence-electron chi connectivity index (χ0n) is 24.6. The zero-order valence-corrected chi connectivity index (χ0v) is 26.2. The molecule has 0 fully saturated rings. The lowest BCUT2D eigenvalue weighted by atomic mass is 9.84. The van der Waals surface area contributed by atoms with Gasteiger partial charge in [-0.25, -0.2) is 4.98 Å². The molecule has 3 unspecified atom stereocenters. The number of nitrogens with zero attached hydrogens (tertiary/aromatic N) is 1. The second kappa shape index (κ2) is 11.3. The second-order valence-electron chi connectivity index (χ2n) is 11.5. The molecule has 0 N–H and O–H groups in total. The first-order chi connectivity index (χ1) is 20.6. The highest BCUT2D eigenvalue weighted by Gasteiger charge is 2.26. The lowest BCUT2D eigenvalue weighted by Crippen LogP contribution is -2.15. The molecular weight excluding hydrogens is 547 g/mol. The maximum Gasteiger partial charge on any atom is 0.109 e. The summed E-state index contributed by atoms with van der Waals surface area (Å²) in [5.74, 6) is 0.855. The van der Waals surface area contributed by atoms with Crippen molar-refractivity contribution < 1.29 is 0 Å². The maximum atomic E-state index is 4.71. The Labute approximate surface area is 258 Å². The van der Waals surface area contributed by atoms with Crippen LogP contribution in [0.2, 0.25) is 0 Å².